The van der Waals surface area contributed by atoms with Crippen LogP contribution >= 0.6 is 0 Å². The number of carbonyl (C=O) groups is 3. The lowest BCUT2D eigenvalue weighted by Crippen LogP contribution is -2.46. The summed E-state index contributed by atoms with van der Waals surface area (Å²) >= 11 is 0. The topological polar surface area (TPSA) is 161 Å². The molecule has 0 bridgehead atoms. The van der Waals surface area contributed by atoms with Crippen LogP contribution in [0.3, 0.4) is 0 Å². The number of rotatable bonds is 10. The van der Waals surface area contributed by atoms with Gasteiger partial charge in [-0.15, -0.1) is 0 Å². The highest BCUT2D eigenvalue weighted by Crippen LogP contribution is 2.30. The Morgan fingerprint density at radius 3 is 2.07 bits per heavy atom. The molecule has 1 fully saturated rings. The van der Waals surface area contributed by atoms with Crippen LogP contribution in [0, 0.1) is 6.92 Å². The van der Waals surface area contributed by atoms with Crippen LogP contribution in [0.5, 0.6) is 0 Å². The normalized spacial score (nSPS) is 15.9. The van der Waals surface area contributed by atoms with E-state index in [0.29, 0.717) is 5.56 Å². The zero-order valence-corrected chi connectivity index (χ0v) is 24.0. The first-order chi connectivity index (χ1) is 19.3. The van der Waals surface area contributed by atoms with E-state index in [2.05, 4.69) is 0 Å². The van der Waals surface area contributed by atoms with E-state index in [1.807, 2.05) is 6.92 Å². The molecule has 1 unspecified atom stereocenters. The van der Waals surface area contributed by atoms with Crippen LogP contribution < -0.4 is 10.0 Å². The van der Waals surface area contributed by atoms with Crippen molar-refractivity contribution in [2.75, 3.05) is 18.1 Å². The third-order valence-corrected chi connectivity index (χ3v) is 9.46. The van der Waals surface area contributed by atoms with Crippen LogP contribution in [0.4, 0.5) is 5.69 Å². The smallest absolute Gasteiger partial charge is 0.338 e. The van der Waals surface area contributed by atoms with Gasteiger partial charge in [-0.25, -0.2) is 31.7 Å². The highest BCUT2D eigenvalue weighted by Gasteiger charge is 2.46. The average molecular weight is 600 g/mol. The van der Waals surface area contributed by atoms with Gasteiger partial charge in [-0.1, -0.05) is 29.8 Å². The molecule has 0 aliphatic carbocycles. The lowest BCUT2D eigenvalue weighted by Gasteiger charge is -2.27. The Morgan fingerprint density at radius 1 is 0.927 bits per heavy atom. The van der Waals surface area contributed by atoms with Crippen molar-refractivity contribution in [1.82, 2.24) is 4.31 Å². The number of nitrogens with zero attached hydrogens (tertiary/aromatic N) is 2. The predicted octanol–water partition coefficient (Wildman–Crippen LogP) is 2.38. The highest BCUT2D eigenvalue weighted by atomic mass is 32.2. The molecule has 3 aromatic carbocycles. The van der Waals surface area contributed by atoms with Gasteiger partial charge < -0.3 is 4.74 Å². The van der Waals surface area contributed by atoms with Crippen molar-refractivity contribution in [2.24, 2.45) is 5.14 Å². The van der Waals surface area contributed by atoms with Crippen molar-refractivity contribution < 1.29 is 36.0 Å². The highest BCUT2D eigenvalue weighted by molar-refractivity contribution is 7.89. The molecule has 2 N–H and O–H groups in total. The number of benzene rings is 3. The van der Waals surface area contributed by atoms with Crippen LogP contribution in [0.2, 0.25) is 0 Å². The maximum atomic E-state index is 13.8. The number of amides is 2. The first kappa shape index (κ1) is 30.1. The molecule has 4 rings (SSSR count). The van der Waals surface area contributed by atoms with Gasteiger partial charge in [0.05, 0.1) is 34.1 Å². The van der Waals surface area contributed by atoms with Crippen molar-refractivity contribution in [2.45, 2.75) is 42.5 Å². The van der Waals surface area contributed by atoms with Crippen LogP contribution in [0.15, 0.2) is 82.6 Å². The Morgan fingerprint density at radius 2 is 1.51 bits per heavy atom. The SMILES string of the molecule is CCOC(=O)c1ccc(N2C(=O)CC(N(CCc3ccc(S(N)(=O)=O)cc3)S(=O)(=O)c3ccc(C)cc3)C2=O)cc1. The van der Waals surface area contributed by atoms with Gasteiger partial charge in [0.25, 0.3) is 5.91 Å². The van der Waals surface area contributed by atoms with E-state index in [1.165, 1.54) is 60.7 Å². The van der Waals surface area contributed by atoms with Crippen molar-refractivity contribution in [3.63, 3.8) is 0 Å². The molecule has 1 heterocycles. The van der Waals surface area contributed by atoms with E-state index in [4.69, 9.17) is 9.88 Å². The van der Waals surface area contributed by atoms with E-state index in [-0.39, 0.29) is 47.0 Å². The van der Waals surface area contributed by atoms with Crippen molar-refractivity contribution in [3.8, 4) is 0 Å². The van der Waals surface area contributed by atoms with E-state index in [1.54, 1.807) is 19.1 Å². The number of hydrogen-bond acceptors (Lipinski definition) is 8. The molecule has 0 aromatic heterocycles. The summed E-state index contributed by atoms with van der Waals surface area (Å²) in [6.45, 7) is 3.50. The van der Waals surface area contributed by atoms with Gasteiger partial charge >= 0.3 is 5.97 Å². The van der Waals surface area contributed by atoms with Gasteiger partial charge in [0.1, 0.15) is 6.04 Å². The number of sulfonamides is 2. The standard InChI is InChI=1S/C28H29N3O8S2/c1-3-39-28(34)21-8-10-22(11-9-21)31-26(32)18-25(27(31)33)30(41(37,38)24-12-4-19(2)5-13-24)17-16-20-6-14-23(15-7-20)40(29,35)36/h4-15,25H,3,16-18H2,1-2H3,(H2,29,35,36). The minimum atomic E-state index is -4.23. The van der Waals surface area contributed by atoms with Crippen LogP contribution in [0.1, 0.15) is 34.8 Å². The summed E-state index contributed by atoms with van der Waals surface area (Å²) in [6, 6.07) is 16.2. The molecule has 1 aliphatic heterocycles. The van der Waals surface area contributed by atoms with E-state index < -0.39 is 43.9 Å². The molecule has 0 spiro atoms. The maximum Gasteiger partial charge on any atom is 0.338 e. The second-order valence-electron chi connectivity index (χ2n) is 9.42. The zero-order chi connectivity index (χ0) is 29.9. The Balaban J connectivity index is 1.65. The van der Waals surface area contributed by atoms with Crippen LogP contribution in [-0.4, -0.2) is 58.1 Å². The van der Waals surface area contributed by atoms with Crippen molar-refractivity contribution in [1.29, 1.82) is 0 Å². The second-order valence-corrected chi connectivity index (χ2v) is 12.9. The number of ether oxygens (including phenoxy) is 1. The molecule has 13 heteroatoms. The molecule has 0 radical (unpaired) electrons. The molecule has 1 aliphatic rings. The number of carbonyl (C=O) groups excluding carboxylic acids is 3. The largest absolute Gasteiger partial charge is 0.462 e. The summed E-state index contributed by atoms with van der Waals surface area (Å²) in [5.74, 6) is -1.87. The van der Waals surface area contributed by atoms with E-state index in [9.17, 15) is 31.2 Å². The first-order valence-corrected chi connectivity index (χ1v) is 15.7. The van der Waals surface area contributed by atoms with Crippen molar-refractivity contribution >= 4 is 43.5 Å². The minimum Gasteiger partial charge on any atom is -0.462 e. The third-order valence-electron chi connectivity index (χ3n) is 6.61. The molecule has 1 atom stereocenters. The van der Waals surface area contributed by atoms with Gasteiger partial charge in [-0.3, -0.25) is 9.59 Å². The quantitative estimate of drug-likeness (QED) is 0.274. The van der Waals surface area contributed by atoms with E-state index >= 15 is 0 Å². The lowest BCUT2D eigenvalue weighted by molar-refractivity contribution is -0.122. The number of hydrogen-bond donors (Lipinski definition) is 1. The van der Waals surface area contributed by atoms with Gasteiger partial charge in [0.15, 0.2) is 0 Å². The number of anilines is 1. The number of primary sulfonamides is 1. The Labute approximate surface area is 238 Å². The average Bonchev–Trinajstić information content (AvgIpc) is 3.22. The van der Waals surface area contributed by atoms with Gasteiger partial charge in [0, 0.05) is 6.54 Å². The van der Waals surface area contributed by atoms with Crippen LogP contribution in [0.25, 0.3) is 0 Å². The lowest BCUT2D eigenvalue weighted by atomic mass is 10.1. The molecular formula is C28H29N3O8S2. The Hall–Kier alpha value is -3.91. The summed E-state index contributed by atoms with van der Waals surface area (Å²) in [5.41, 5.74) is 1.88. The minimum absolute atomic E-state index is 0.0369. The fourth-order valence-electron chi connectivity index (χ4n) is 4.45. The maximum absolute atomic E-state index is 13.8. The molecular weight excluding hydrogens is 570 g/mol. The van der Waals surface area contributed by atoms with Crippen LogP contribution in [-0.2, 0) is 40.8 Å². The molecule has 1 saturated heterocycles. The summed E-state index contributed by atoms with van der Waals surface area (Å²) in [5, 5.41) is 5.16. The Bertz CT molecular complexity index is 1670. The molecule has 216 valence electrons. The fourth-order valence-corrected chi connectivity index (χ4v) is 6.55. The van der Waals surface area contributed by atoms with E-state index in [0.717, 1.165) is 14.8 Å². The molecule has 41 heavy (non-hydrogen) atoms. The van der Waals surface area contributed by atoms with Crippen molar-refractivity contribution in [3.05, 3.63) is 89.5 Å². The second kappa shape index (κ2) is 11.9. The number of esters is 1. The zero-order valence-electron chi connectivity index (χ0n) is 22.4. The summed E-state index contributed by atoms with van der Waals surface area (Å²) < 4.78 is 56.8. The Kier molecular flexibility index (Phi) is 8.73. The molecule has 0 saturated carbocycles. The summed E-state index contributed by atoms with van der Waals surface area (Å²) in [4.78, 5) is 39.4. The fraction of sp³-hybridized carbons (Fsp3) is 0.250. The number of aryl methyl sites for hydroxylation is 1. The number of imide groups is 1. The summed E-state index contributed by atoms with van der Waals surface area (Å²) in [6.07, 6.45) is -0.254. The van der Waals surface area contributed by atoms with Gasteiger partial charge in [-0.2, -0.15) is 4.31 Å². The number of nitrogens with two attached hydrogens (primary N) is 1. The van der Waals surface area contributed by atoms with Gasteiger partial charge in [-0.05, 0) is 74.4 Å². The first-order valence-electron chi connectivity index (χ1n) is 12.7. The monoisotopic (exact) mass is 599 g/mol. The predicted molar refractivity (Wildman–Crippen MR) is 150 cm³/mol. The summed E-state index contributed by atoms with van der Waals surface area (Å²) in [7, 11) is -8.14. The third kappa shape index (κ3) is 6.54. The van der Waals surface area contributed by atoms with Gasteiger partial charge in [0.2, 0.25) is 26.0 Å². The molecule has 11 nitrogen and oxygen atoms in total. The molecule has 2 amide bonds. The molecule has 3 aromatic rings.